The third kappa shape index (κ3) is 3.42. The summed E-state index contributed by atoms with van der Waals surface area (Å²) >= 11 is 5.97. The van der Waals surface area contributed by atoms with Crippen molar-refractivity contribution >= 4 is 34.8 Å². The Labute approximate surface area is 158 Å². The number of hydrogen-bond donors (Lipinski definition) is 0. The van der Waals surface area contributed by atoms with Crippen LogP contribution in [-0.4, -0.2) is 9.55 Å². The number of para-hydroxylation sites is 2. The van der Waals surface area contributed by atoms with Gasteiger partial charge in [0, 0.05) is 11.6 Å². The molecule has 0 amide bonds. The molecule has 4 aromatic rings. The average molecular weight is 359 g/mol. The summed E-state index contributed by atoms with van der Waals surface area (Å²) < 4.78 is 2.27. The van der Waals surface area contributed by atoms with Crippen molar-refractivity contribution < 1.29 is 0 Å². The van der Waals surface area contributed by atoms with Crippen molar-refractivity contribution in [3.05, 3.63) is 100 Å². The van der Waals surface area contributed by atoms with Gasteiger partial charge in [0.25, 0.3) is 0 Å². The van der Waals surface area contributed by atoms with Crippen LogP contribution in [0.5, 0.6) is 0 Å². The zero-order chi connectivity index (χ0) is 17.9. The Kier molecular flexibility index (Phi) is 4.59. The van der Waals surface area contributed by atoms with Gasteiger partial charge in [-0.25, -0.2) is 4.98 Å². The van der Waals surface area contributed by atoms with E-state index in [1.54, 1.807) is 0 Å². The van der Waals surface area contributed by atoms with Crippen LogP contribution in [0.3, 0.4) is 0 Å². The van der Waals surface area contributed by atoms with Crippen molar-refractivity contribution in [1.82, 2.24) is 9.55 Å². The molecule has 26 heavy (non-hydrogen) atoms. The van der Waals surface area contributed by atoms with Crippen LogP contribution >= 0.6 is 11.6 Å². The van der Waals surface area contributed by atoms with Crippen LogP contribution in [0.15, 0.2) is 72.8 Å². The van der Waals surface area contributed by atoms with Gasteiger partial charge in [-0.1, -0.05) is 66.2 Å². The lowest BCUT2D eigenvalue weighted by Gasteiger charge is -2.10. The Morgan fingerprint density at radius 1 is 0.885 bits per heavy atom. The van der Waals surface area contributed by atoms with E-state index >= 15 is 0 Å². The normalized spacial score (nSPS) is 11.5. The summed E-state index contributed by atoms with van der Waals surface area (Å²) in [6, 6.07) is 24.6. The van der Waals surface area contributed by atoms with E-state index in [0.717, 1.165) is 34.0 Å². The van der Waals surface area contributed by atoms with Gasteiger partial charge in [-0.05, 0) is 54.0 Å². The molecule has 0 aliphatic rings. The minimum atomic E-state index is 0.744. The van der Waals surface area contributed by atoms with Crippen molar-refractivity contribution in [2.75, 3.05) is 0 Å². The molecule has 0 fully saturated rings. The molecule has 0 atom stereocenters. The first-order chi connectivity index (χ1) is 12.7. The van der Waals surface area contributed by atoms with E-state index in [1.165, 1.54) is 11.1 Å². The van der Waals surface area contributed by atoms with E-state index in [-0.39, 0.29) is 0 Å². The summed E-state index contributed by atoms with van der Waals surface area (Å²) in [7, 11) is 0. The molecule has 0 bridgehead atoms. The van der Waals surface area contributed by atoms with Crippen molar-refractivity contribution in [3.63, 3.8) is 0 Å². The second-order valence-corrected chi connectivity index (χ2v) is 6.79. The number of aryl methyl sites for hydroxylation is 1. The Balaban J connectivity index is 1.76. The number of benzene rings is 3. The van der Waals surface area contributed by atoms with Crippen LogP contribution in [0.25, 0.3) is 23.2 Å². The second-order valence-electron chi connectivity index (χ2n) is 6.36. The molecule has 0 radical (unpaired) electrons. The maximum absolute atomic E-state index is 5.97. The molecule has 2 nitrogen and oxygen atoms in total. The van der Waals surface area contributed by atoms with Crippen LogP contribution < -0.4 is 0 Å². The van der Waals surface area contributed by atoms with E-state index in [2.05, 4.69) is 66.1 Å². The molecule has 1 aromatic heterocycles. The molecule has 3 aromatic carbocycles. The molecule has 0 aliphatic carbocycles. The third-order valence-electron chi connectivity index (χ3n) is 4.57. The zero-order valence-corrected chi connectivity index (χ0v) is 15.3. The molecule has 0 saturated heterocycles. The van der Waals surface area contributed by atoms with Gasteiger partial charge in [0.2, 0.25) is 0 Å². The quantitative estimate of drug-likeness (QED) is 0.423. The van der Waals surface area contributed by atoms with Gasteiger partial charge >= 0.3 is 0 Å². The monoisotopic (exact) mass is 358 g/mol. The highest BCUT2D eigenvalue weighted by atomic mass is 35.5. The predicted molar refractivity (Wildman–Crippen MR) is 110 cm³/mol. The highest BCUT2D eigenvalue weighted by Gasteiger charge is 2.09. The fourth-order valence-corrected chi connectivity index (χ4v) is 3.22. The first kappa shape index (κ1) is 16.6. The van der Waals surface area contributed by atoms with Gasteiger partial charge in [0.15, 0.2) is 0 Å². The number of nitrogens with zero attached hydrogens (tertiary/aromatic N) is 2. The van der Waals surface area contributed by atoms with Gasteiger partial charge in [-0.15, -0.1) is 0 Å². The minimum Gasteiger partial charge on any atom is -0.320 e. The van der Waals surface area contributed by atoms with Crippen LogP contribution in [0.1, 0.15) is 22.5 Å². The van der Waals surface area contributed by atoms with E-state index in [4.69, 9.17) is 16.6 Å². The highest BCUT2D eigenvalue weighted by molar-refractivity contribution is 6.30. The van der Waals surface area contributed by atoms with Crippen molar-refractivity contribution in [1.29, 1.82) is 0 Å². The first-order valence-electron chi connectivity index (χ1n) is 8.64. The van der Waals surface area contributed by atoms with Crippen LogP contribution in [0.4, 0.5) is 0 Å². The summed E-state index contributed by atoms with van der Waals surface area (Å²) in [6.07, 6.45) is 4.15. The number of hydrogen-bond acceptors (Lipinski definition) is 1. The molecule has 0 saturated carbocycles. The molecule has 128 valence electrons. The lowest BCUT2D eigenvalue weighted by atomic mass is 10.1. The molecule has 0 aliphatic heterocycles. The van der Waals surface area contributed by atoms with Gasteiger partial charge in [0.05, 0.1) is 11.0 Å². The molecular formula is C23H19ClN2. The van der Waals surface area contributed by atoms with Crippen molar-refractivity contribution in [2.24, 2.45) is 0 Å². The van der Waals surface area contributed by atoms with Crippen LogP contribution in [-0.2, 0) is 6.54 Å². The number of imidazole rings is 1. The fraction of sp³-hybridized carbons (Fsp3) is 0.0870. The van der Waals surface area contributed by atoms with E-state index in [1.807, 2.05) is 30.3 Å². The second kappa shape index (κ2) is 7.19. The Morgan fingerprint density at radius 3 is 2.42 bits per heavy atom. The third-order valence-corrected chi connectivity index (χ3v) is 4.82. The van der Waals surface area contributed by atoms with Crippen LogP contribution in [0.2, 0.25) is 5.02 Å². The molecule has 3 heteroatoms. The van der Waals surface area contributed by atoms with Gasteiger partial charge < -0.3 is 4.57 Å². The van der Waals surface area contributed by atoms with E-state index < -0.39 is 0 Å². The lowest BCUT2D eigenvalue weighted by Crippen LogP contribution is -2.03. The van der Waals surface area contributed by atoms with Crippen molar-refractivity contribution in [3.8, 4) is 0 Å². The van der Waals surface area contributed by atoms with Gasteiger partial charge in [-0.2, -0.15) is 0 Å². The Morgan fingerprint density at radius 2 is 1.62 bits per heavy atom. The maximum Gasteiger partial charge on any atom is 0.134 e. The lowest BCUT2D eigenvalue weighted by molar-refractivity contribution is 0.808. The smallest absolute Gasteiger partial charge is 0.134 e. The largest absolute Gasteiger partial charge is 0.320 e. The topological polar surface area (TPSA) is 17.8 Å². The molecule has 4 rings (SSSR count). The van der Waals surface area contributed by atoms with E-state index in [9.17, 15) is 0 Å². The molecule has 1 heterocycles. The number of rotatable bonds is 4. The van der Waals surface area contributed by atoms with Crippen LogP contribution in [0, 0.1) is 6.92 Å². The molecule has 0 N–H and O–H groups in total. The summed E-state index contributed by atoms with van der Waals surface area (Å²) in [5.74, 6) is 0.949. The average Bonchev–Trinajstić information content (AvgIpc) is 3.01. The molecular weight excluding hydrogens is 340 g/mol. The Bertz CT molecular complexity index is 1080. The Hall–Kier alpha value is -2.84. The number of aromatic nitrogens is 2. The highest BCUT2D eigenvalue weighted by Crippen LogP contribution is 2.21. The zero-order valence-electron chi connectivity index (χ0n) is 14.6. The van der Waals surface area contributed by atoms with Crippen molar-refractivity contribution in [2.45, 2.75) is 13.5 Å². The molecule has 0 unspecified atom stereocenters. The fourth-order valence-electron chi connectivity index (χ4n) is 3.09. The van der Waals surface area contributed by atoms with Gasteiger partial charge in [0.1, 0.15) is 5.82 Å². The summed E-state index contributed by atoms with van der Waals surface area (Å²) in [6.45, 7) is 2.95. The number of fused-ring (bicyclic) bond motifs is 1. The number of halogens is 1. The predicted octanol–water partition coefficient (Wildman–Crippen LogP) is 6.22. The standard InChI is InChI=1S/C23H19ClN2/c1-17-6-2-3-7-19(17)16-26-22-9-5-4-8-21(22)25-23(26)15-12-18-10-13-20(24)14-11-18/h2-15H,16H2,1H3. The first-order valence-corrected chi connectivity index (χ1v) is 9.02. The molecule has 0 spiro atoms. The summed E-state index contributed by atoms with van der Waals surface area (Å²) in [5, 5.41) is 0.744. The van der Waals surface area contributed by atoms with Gasteiger partial charge in [-0.3, -0.25) is 0 Å². The minimum absolute atomic E-state index is 0.744. The summed E-state index contributed by atoms with van der Waals surface area (Å²) in [4.78, 5) is 4.82. The van der Waals surface area contributed by atoms with E-state index in [0.29, 0.717) is 0 Å². The summed E-state index contributed by atoms with van der Waals surface area (Å²) in [5.41, 5.74) is 5.85. The maximum atomic E-state index is 5.97. The SMILES string of the molecule is Cc1ccccc1Cn1c(C=Cc2ccc(Cl)cc2)nc2ccccc21.